The van der Waals surface area contributed by atoms with E-state index < -0.39 is 17.3 Å². The molecular weight excluding hydrogens is 534 g/mol. The summed E-state index contributed by atoms with van der Waals surface area (Å²) in [5.74, 6) is 1.41. The third-order valence-electron chi connectivity index (χ3n) is 7.59. The van der Waals surface area contributed by atoms with Crippen molar-refractivity contribution in [3.63, 3.8) is 0 Å². The van der Waals surface area contributed by atoms with Gasteiger partial charge in [-0.3, -0.25) is 0 Å². The number of amides is 2. The molecule has 4 heterocycles. The number of hydrogen-bond donors (Lipinski definition) is 0. The van der Waals surface area contributed by atoms with E-state index in [0.29, 0.717) is 55.9 Å². The van der Waals surface area contributed by atoms with Crippen molar-refractivity contribution < 1.29 is 28.5 Å². The van der Waals surface area contributed by atoms with Crippen molar-refractivity contribution in [2.75, 3.05) is 31.2 Å². The standard InChI is InChI=1S/C33H43N3O6/c1-21-28-25(23-13-18-39-19-14-23)10-15-34-29(28)36(31(38)42-33(5,6)7)26-20-24(8-9-27(26)40-21)22-11-16-35(17-12-22)30(37)41-32(2,3)4/h8-11,15,20-21,23H,12-14,16-19H2,1-7H3. The van der Waals surface area contributed by atoms with Crippen molar-refractivity contribution in [2.45, 2.75) is 91.0 Å². The van der Waals surface area contributed by atoms with Gasteiger partial charge in [0.1, 0.15) is 28.9 Å². The average molecular weight is 578 g/mol. The Labute approximate surface area is 248 Å². The fraction of sp³-hybridized carbons (Fsp3) is 0.545. The van der Waals surface area contributed by atoms with Crippen LogP contribution in [0, 0.1) is 0 Å². The Morgan fingerprint density at radius 2 is 1.67 bits per heavy atom. The monoisotopic (exact) mass is 577 g/mol. The molecule has 1 unspecified atom stereocenters. The van der Waals surface area contributed by atoms with Gasteiger partial charge in [-0.25, -0.2) is 19.5 Å². The first-order valence-electron chi connectivity index (χ1n) is 14.9. The summed E-state index contributed by atoms with van der Waals surface area (Å²) in [6, 6.07) is 7.95. The van der Waals surface area contributed by atoms with Gasteiger partial charge >= 0.3 is 12.2 Å². The number of ether oxygens (including phenoxy) is 4. The van der Waals surface area contributed by atoms with Gasteiger partial charge in [0.2, 0.25) is 0 Å². The molecule has 3 aliphatic rings. The van der Waals surface area contributed by atoms with Crippen molar-refractivity contribution in [3.05, 3.63) is 53.2 Å². The van der Waals surface area contributed by atoms with Crippen LogP contribution in [-0.2, 0) is 14.2 Å². The second kappa shape index (κ2) is 11.6. The molecule has 9 heteroatoms. The van der Waals surface area contributed by atoms with E-state index in [2.05, 4.69) is 0 Å². The van der Waals surface area contributed by atoms with Gasteiger partial charge in [-0.05, 0) is 109 Å². The molecular formula is C33H43N3O6. The second-order valence-corrected chi connectivity index (χ2v) is 13.2. The molecule has 5 rings (SSSR count). The highest BCUT2D eigenvalue weighted by Crippen LogP contribution is 2.47. The van der Waals surface area contributed by atoms with E-state index in [1.165, 1.54) is 0 Å². The van der Waals surface area contributed by atoms with Crippen LogP contribution in [0.15, 0.2) is 36.5 Å². The first-order valence-corrected chi connectivity index (χ1v) is 14.9. The molecule has 2 amide bonds. The summed E-state index contributed by atoms with van der Waals surface area (Å²) in [5, 5.41) is 0. The summed E-state index contributed by atoms with van der Waals surface area (Å²) in [6.45, 7) is 15.6. The number of nitrogens with zero attached hydrogens (tertiary/aromatic N) is 3. The van der Waals surface area contributed by atoms with E-state index in [1.54, 1.807) is 16.0 Å². The second-order valence-electron chi connectivity index (χ2n) is 13.2. The molecule has 0 N–H and O–H groups in total. The number of anilines is 2. The third-order valence-corrected chi connectivity index (χ3v) is 7.59. The maximum atomic E-state index is 13.9. The summed E-state index contributed by atoms with van der Waals surface area (Å²) in [5.41, 5.74) is 3.40. The van der Waals surface area contributed by atoms with E-state index in [0.717, 1.165) is 35.1 Å². The number of aromatic nitrogens is 1. The van der Waals surface area contributed by atoms with Crippen LogP contribution >= 0.6 is 0 Å². The average Bonchev–Trinajstić information content (AvgIpc) is 3.05. The minimum atomic E-state index is -0.705. The zero-order valence-electron chi connectivity index (χ0n) is 25.9. The minimum absolute atomic E-state index is 0.291. The predicted octanol–water partition coefficient (Wildman–Crippen LogP) is 7.53. The van der Waals surface area contributed by atoms with Crippen molar-refractivity contribution in [1.29, 1.82) is 0 Å². The van der Waals surface area contributed by atoms with Crippen LogP contribution < -0.4 is 9.64 Å². The van der Waals surface area contributed by atoms with Crippen molar-refractivity contribution in [1.82, 2.24) is 9.88 Å². The lowest BCUT2D eigenvalue weighted by atomic mass is 9.87. The molecule has 0 bridgehead atoms. The SMILES string of the molecule is CC1Oc2ccc(C3=CCN(C(=O)OC(C)(C)C)CC3)cc2N(C(=O)OC(C)(C)C)c2nccc(C3CCOCC3)c21. The van der Waals surface area contributed by atoms with Gasteiger partial charge in [0, 0.05) is 38.1 Å². The quantitative estimate of drug-likeness (QED) is 0.364. The Balaban J connectivity index is 1.54. The maximum Gasteiger partial charge on any atom is 0.420 e. The van der Waals surface area contributed by atoms with Gasteiger partial charge in [-0.2, -0.15) is 0 Å². The number of carbonyl (C=O) groups is 2. The van der Waals surface area contributed by atoms with Crippen LogP contribution in [-0.4, -0.2) is 59.6 Å². The van der Waals surface area contributed by atoms with Gasteiger partial charge in [-0.1, -0.05) is 12.1 Å². The van der Waals surface area contributed by atoms with Gasteiger partial charge in [0.05, 0.1) is 5.69 Å². The molecule has 0 spiro atoms. The first-order chi connectivity index (χ1) is 19.8. The van der Waals surface area contributed by atoms with Crippen molar-refractivity contribution in [3.8, 4) is 5.75 Å². The smallest absolute Gasteiger partial charge is 0.420 e. The van der Waals surface area contributed by atoms with Gasteiger partial charge < -0.3 is 23.8 Å². The third kappa shape index (κ3) is 6.56. The van der Waals surface area contributed by atoms with E-state index in [1.807, 2.05) is 78.8 Å². The highest BCUT2D eigenvalue weighted by Gasteiger charge is 2.37. The molecule has 1 aromatic heterocycles. The predicted molar refractivity (Wildman–Crippen MR) is 161 cm³/mol. The number of carbonyl (C=O) groups excluding carboxylic acids is 2. The molecule has 1 saturated heterocycles. The highest BCUT2D eigenvalue weighted by molar-refractivity contribution is 5.99. The normalized spacial score (nSPS) is 19.6. The molecule has 1 aromatic carbocycles. The Hall–Kier alpha value is -3.59. The summed E-state index contributed by atoms with van der Waals surface area (Å²) in [4.78, 5) is 34.5. The molecule has 0 aliphatic carbocycles. The zero-order valence-corrected chi connectivity index (χ0v) is 25.9. The van der Waals surface area contributed by atoms with Crippen LogP contribution in [0.1, 0.15) is 96.4 Å². The van der Waals surface area contributed by atoms with Gasteiger partial charge in [0.25, 0.3) is 0 Å². The Morgan fingerprint density at radius 1 is 0.976 bits per heavy atom. The molecule has 0 radical (unpaired) electrons. The summed E-state index contributed by atoms with van der Waals surface area (Å²) in [6.07, 6.45) is 5.12. The van der Waals surface area contributed by atoms with E-state index in [9.17, 15) is 9.59 Å². The number of benzene rings is 1. The molecule has 1 atom stereocenters. The van der Waals surface area contributed by atoms with Crippen LogP contribution in [0.5, 0.6) is 5.75 Å². The summed E-state index contributed by atoms with van der Waals surface area (Å²) in [7, 11) is 0. The fourth-order valence-electron chi connectivity index (χ4n) is 5.71. The van der Waals surface area contributed by atoms with Crippen LogP contribution in [0.3, 0.4) is 0 Å². The number of hydrogen-bond acceptors (Lipinski definition) is 7. The van der Waals surface area contributed by atoms with Crippen molar-refractivity contribution >= 4 is 29.3 Å². The highest BCUT2D eigenvalue weighted by atomic mass is 16.6. The van der Waals surface area contributed by atoms with Crippen LogP contribution in [0.2, 0.25) is 0 Å². The molecule has 9 nitrogen and oxygen atoms in total. The Morgan fingerprint density at radius 3 is 2.31 bits per heavy atom. The molecule has 1 fully saturated rings. The lowest BCUT2D eigenvalue weighted by Gasteiger charge is -2.30. The van der Waals surface area contributed by atoms with Crippen LogP contribution in [0.4, 0.5) is 21.1 Å². The van der Waals surface area contributed by atoms with Gasteiger partial charge in [0.15, 0.2) is 0 Å². The molecule has 42 heavy (non-hydrogen) atoms. The largest absolute Gasteiger partial charge is 0.484 e. The topological polar surface area (TPSA) is 90.4 Å². The number of fused-ring (bicyclic) bond motifs is 2. The Kier molecular flexibility index (Phi) is 8.25. The lowest BCUT2D eigenvalue weighted by Crippen LogP contribution is -2.39. The van der Waals surface area contributed by atoms with E-state index in [-0.39, 0.29) is 12.2 Å². The lowest BCUT2D eigenvalue weighted by molar-refractivity contribution is 0.0270. The minimum Gasteiger partial charge on any atom is -0.484 e. The molecule has 2 aromatic rings. The summed E-state index contributed by atoms with van der Waals surface area (Å²) >= 11 is 0. The molecule has 0 saturated carbocycles. The zero-order chi connectivity index (χ0) is 30.2. The number of rotatable bonds is 2. The molecule has 3 aliphatic heterocycles. The summed E-state index contributed by atoms with van der Waals surface area (Å²) < 4.78 is 23.7. The first kappa shape index (κ1) is 29.9. The van der Waals surface area contributed by atoms with Crippen molar-refractivity contribution in [2.24, 2.45) is 0 Å². The maximum absolute atomic E-state index is 13.9. The van der Waals surface area contributed by atoms with Gasteiger partial charge in [-0.15, -0.1) is 0 Å². The fourth-order valence-corrected chi connectivity index (χ4v) is 5.71. The van der Waals surface area contributed by atoms with Crippen LogP contribution in [0.25, 0.3) is 5.57 Å². The van der Waals surface area contributed by atoms with E-state index >= 15 is 0 Å². The molecule has 226 valence electrons. The number of pyridine rings is 1. The Bertz CT molecular complexity index is 1370. The van der Waals surface area contributed by atoms with E-state index in [4.69, 9.17) is 23.9 Å².